The highest BCUT2D eigenvalue weighted by Crippen LogP contribution is 2.42. The van der Waals surface area contributed by atoms with Crippen molar-refractivity contribution in [2.75, 3.05) is 7.11 Å². The summed E-state index contributed by atoms with van der Waals surface area (Å²) < 4.78 is 7.12. The van der Waals surface area contributed by atoms with Gasteiger partial charge < -0.3 is 14.4 Å². The van der Waals surface area contributed by atoms with Crippen molar-refractivity contribution in [2.45, 2.75) is 32.9 Å². The Morgan fingerprint density at radius 1 is 1.29 bits per heavy atom. The van der Waals surface area contributed by atoms with E-state index in [9.17, 15) is 5.11 Å². The quantitative estimate of drug-likeness (QED) is 0.940. The summed E-state index contributed by atoms with van der Waals surface area (Å²) in [7, 11) is 1.58. The van der Waals surface area contributed by atoms with E-state index in [1.165, 1.54) is 0 Å². The van der Waals surface area contributed by atoms with Crippen LogP contribution >= 0.6 is 11.6 Å². The Bertz CT molecular complexity index is 605. The van der Waals surface area contributed by atoms with Crippen LogP contribution in [0.2, 0.25) is 5.02 Å². The second kappa shape index (κ2) is 5.70. The van der Waals surface area contributed by atoms with E-state index < -0.39 is 11.0 Å². The van der Waals surface area contributed by atoms with Crippen LogP contribution in [0.4, 0.5) is 0 Å². The molecule has 0 fully saturated rings. The van der Waals surface area contributed by atoms with E-state index in [0.29, 0.717) is 17.3 Å². The van der Waals surface area contributed by atoms with Crippen LogP contribution in [-0.2, 0) is 12.1 Å². The van der Waals surface area contributed by atoms with E-state index in [-0.39, 0.29) is 0 Å². The van der Waals surface area contributed by atoms with Gasteiger partial charge in [0.15, 0.2) is 0 Å². The lowest BCUT2D eigenvalue weighted by Crippen LogP contribution is -2.43. The number of rotatable bonds is 4. The largest absolute Gasteiger partial charge is 0.497 e. The summed E-state index contributed by atoms with van der Waals surface area (Å²) >= 11 is 6.16. The molecule has 1 heterocycles. The van der Waals surface area contributed by atoms with Gasteiger partial charge in [-0.25, -0.2) is 4.98 Å². The molecule has 21 heavy (non-hydrogen) atoms. The minimum Gasteiger partial charge on any atom is -0.497 e. The molecular weight excluding hydrogens is 288 g/mol. The summed E-state index contributed by atoms with van der Waals surface area (Å²) in [6.45, 7) is 6.38. The highest BCUT2D eigenvalue weighted by molar-refractivity contribution is 6.30. The number of halogens is 1. The first-order valence-electron chi connectivity index (χ1n) is 6.79. The van der Waals surface area contributed by atoms with Gasteiger partial charge in [0.1, 0.15) is 11.4 Å². The number of methoxy groups -OCH3 is 1. The highest BCUT2D eigenvalue weighted by atomic mass is 35.5. The van der Waals surface area contributed by atoms with Gasteiger partial charge in [-0.05, 0) is 29.2 Å². The number of ether oxygens (including phenoxy) is 1. The first kappa shape index (κ1) is 15.9. The van der Waals surface area contributed by atoms with Crippen molar-refractivity contribution in [3.63, 3.8) is 0 Å². The normalized spacial score (nSPS) is 14.8. The lowest BCUT2D eigenvalue weighted by Gasteiger charge is -2.41. The Morgan fingerprint density at radius 3 is 2.52 bits per heavy atom. The molecule has 1 unspecified atom stereocenters. The minimum atomic E-state index is -1.11. The summed E-state index contributed by atoms with van der Waals surface area (Å²) in [5.74, 6) is 0.630. The lowest BCUT2D eigenvalue weighted by molar-refractivity contribution is -0.0782. The third kappa shape index (κ3) is 3.22. The molecule has 1 aromatic heterocycles. The molecule has 0 saturated carbocycles. The van der Waals surface area contributed by atoms with Gasteiger partial charge in [-0.15, -0.1) is 0 Å². The molecule has 0 aliphatic rings. The Morgan fingerprint density at radius 2 is 2.00 bits per heavy atom. The fourth-order valence-electron chi connectivity index (χ4n) is 2.33. The molecule has 5 heteroatoms. The minimum absolute atomic E-state index is 0.389. The van der Waals surface area contributed by atoms with Crippen LogP contribution in [0.3, 0.4) is 0 Å². The first-order chi connectivity index (χ1) is 9.76. The molecule has 0 aliphatic carbocycles. The van der Waals surface area contributed by atoms with Gasteiger partial charge >= 0.3 is 0 Å². The van der Waals surface area contributed by atoms with Gasteiger partial charge in [0.05, 0.1) is 20.0 Å². The maximum absolute atomic E-state index is 11.4. The number of hydrogen-bond acceptors (Lipinski definition) is 3. The molecule has 0 saturated heterocycles. The summed E-state index contributed by atoms with van der Waals surface area (Å²) in [5, 5.41) is 11.9. The average Bonchev–Trinajstić information content (AvgIpc) is 2.89. The molecule has 0 radical (unpaired) electrons. The topological polar surface area (TPSA) is 47.3 Å². The maximum atomic E-state index is 11.4. The zero-order valence-electron chi connectivity index (χ0n) is 12.8. The number of benzene rings is 1. The predicted molar refractivity (Wildman–Crippen MR) is 83.6 cm³/mol. The Hall–Kier alpha value is -1.52. The standard InChI is InChI=1S/C16H21ClN2O2/c1-15(2,3)16(20,10-19-6-5-18-11-19)12-7-13(17)9-14(8-12)21-4/h5-9,11,20H,10H2,1-4H3. The molecule has 0 aliphatic heterocycles. The van der Waals surface area contributed by atoms with E-state index in [1.807, 2.05) is 37.6 Å². The van der Waals surface area contributed by atoms with Crippen molar-refractivity contribution in [3.8, 4) is 5.75 Å². The fraction of sp³-hybridized carbons (Fsp3) is 0.438. The number of hydrogen-bond donors (Lipinski definition) is 1. The van der Waals surface area contributed by atoms with E-state index in [4.69, 9.17) is 16.3 Å². The van der Waals surface area contributed by atoms with Gasteiger partial charge in [-0.3, -0.25) is 0 Å². The number of aliphatic hydroxyl groups is 1. The van der Waals surface area contributed by atoms with Gasteiger partial charge in [-0.2, -0.15) is 0 Å². The SMILES string of the molecule is COc1cc(Cl)cc(C(O)(Cn2ccnc2)C(C)(C)C)c1. The summed E-state index contributed by atoms with van der Waals surface area (Å²) in [5.41, 5.74) is -0.771. The highest BCUT2D eigenvalue weighted by Gasteiger charge is 2.42. The number of aromatic nitrogens is 2. The number of nitrogens with zero attached hydrogens (tertiary/aromatic N) is 2. The van der Waals surface area contributed by atoms with Crippen molar-refractivity contribution in [3.05, 3.63) is 47.5 Å². The summed E-state index contributed by atoms with van der Waals surface area (Å²) in [6.07, 6.45) is 5.22. The summed E-state index contributed by atoms with van der Waals surface area (Å²) in [6, 6.07) is 5.34. The lowest BCUT2D eigenvalue weighted by atomic mass is 9.72. The monoisotopic (exact) mass is 308 g/mol. The van der Waals surface area contributed by atoms with Crippen LogP contribution in [0.1, 0.15) is 26.3 Å². The second-order valence-corrected chi connectivity index (χ2v) is 6.66. The van der Waals surface area contributed by atoms with Crippen LogP contribution in [0.25, 0.3) is 0 Å². The number of imidazole rings is 1. The van der Waals surface area contributed by atoms with Crippen molar-refractivity contribution >= 4 is 11.6 Å². The van der Waals surface area contributed by atoms with Crippen LogP contribution in [-0.4, -0.2) is 21.8 Å². The van der Waals surface area contributed by atoms with Gasteiger partial charge in [0.2, 0.25) is 0 Å². The molecule has 0 bridgehead atoms. The molecule has 4 nitrogen and oxygen atoms in total. The van der Waals surface area contributed by atoms with Crippen molar-refractivity contribution in [1.29, 1.82) is 0 Å². The third-order valence-corrected chi connectivity index (χ3v) is 4.01. The molecule has 1 aromatic carbocycles. The van der Waals surface area contributed by atoms with E-state index in [2.05, 4.69) is 4.98 Å². The molecule has 2 rings (SSSR count). The van der Waals surface area contributed by atoms with E-state index >= 15 is 0 Å². The molecular formula is C16H21ClN2O2. The zero-order chi connectivity index (χ0) is 15.7. The van der Waals surface area contributed by atoms with Crippen molar-refractivity contribution in [1.82, 2.24) is 9.55 Å². The van der Waals surface area contributed by atoms with Crippen molar-refractivity contribution < 1.29 is 9.84 Å². The Kier molecular flexibility index (Phi) is 4.30. The van der Waals surface area contributed by atoms with Crippen LogP contribution in [0, 0.1) is 5.41 Å². The van der Waals surface area contributed by atoms with Gasteiger partial charge in [0, 0.05) is 17.4 Å². The zero-order valence-corrected chi connectivity index (χ0v) is 13.6. The molecule has 1 N–H and O–H groups in total. The van der Waals surface area contributed by atoms with Crippen LogP contribution in [0.15, 0.2) is 36.9 Å². The average molecular weight is 309 g/mol. The molecule has 1 atom stereocenters. The molecule has 0 amide bonds. The van der Waals surface area contributed by atoms with E-state index in [1.54, 1.807) is 31.8 Å². The molecule has 0 spiro atoms. The van der Waals surface area contributed by atoms with Gasteiger partial charge in [0.25, 0.3) is 0 Å². The van der Waals surface area contributed by atoms with Gasteiger partial charge in [-0.1, -0.05) is 32.4 Å². The molecule has 2 aromatic rings. The summed E-state index contributed by atoms with van der Waals surface area (Å²) in [4.78, 5) is 4.03. The van der Waals surface area contributed by atoms with E-state index in [0.717, 1.165) is 5.56 Å². The second-order valence-electron chi connectivity index (χ2n) is 6.23. The predicted octanol–water partition coefficient (Wildman–Crippen LogP) is 3.48. The van der Waals surface area contributed by atoms with Crippen LogP contribution in [0.5, 0.6) is 5.75 Å². The maximum Gasteiger partial charge on any atom is 0.120 e. The first-order valence-corrected chi connectivity index (χ1v) is 7.17. The fourth-order valence-corrected chi connectivity index (χ4v) is 2.55. The Labute approximate surface area is 130 Å². The third-order valence-electron chi connectivity index (χ3n) is 3.80. The Balaban J connectivity index is 2.52. The molecule has 114 valence electrons. The smallest absolute Gasteiger partial charge is 0.120 e. The van der Waals surface area contributed by atoms with Crippen LogP contribution < -0.4 is 4.74 Å². The van der Waals surface area contributed by atoms with Crippen molar-refractivity contribution in [2.24, 2.45) is 5.41 Å².